The van der Waals surface area contributed by atoms with Gasteiger partial charge in [-0.2, -0.15) is 0 Å². The Balaban J connectivity index is 0.00000243. The quantitative estimate of drug-likeness (QED) is 0.467. The number of halogens is 1. The van der Waals surface area contributed by atoms with E-state index >= 15 is 0 Å². The number of pyridine rings is 1. The maximum absolute atomic E-state index is 8.17. The maximum atomic E-state index is 8.17. The number of ether oxygens (including phenoxy) is 1. The Morgan fingerprint density at radius 2 is 1.54 bits per heavy atom. The maximum Gasteiger partial charge on any atom is 0.174 e. The van der Waals surface area contributed by atoms with E-state index in [1.54, 1.807) is 6.20 Å². The van der Waals surface area contributed by atoms with Crippen LogP contribution in [0.2, 0.25) is 0 Å². The molecule has 0 saturated carbocycles. The van der Waals surface area contributed by atoms with Gasteiger partial charge in [-0.25, -0.2) is 4.98 Å². The Kier molecular flexibility index (Phi) is 7.65. The summed E-state index contributed by atoms with van der Waals surface area (Å²) in [5.74, 6) is 1.63. The van der Waals surface area contributed by atoms with Crippen LogP contribution in [0, 0.1) is 5.41 Å². The number of nitrogens with one attached hydrogen (secondary N) is 2. The van der Waals surface area contributed by atoms with Crippen LogP contribution in [0.1, 0.15) is 11.1 Å². The van der Waals surface area contributed by atoms with Crippen molar-refractivity contribution < 1.29 is 4.74 Å². The molecular weight excluding hydrogens is 346 g/mol. The zero-order chi connectivity index (χ0) is 17.3. The highest BCUT2D eigenvalue weighted by atomic mass is 35.5. The van der Waals surface area contributed by atoms with Crippen molar-refractivity contribution in [1.29, 1.82) is 5.41 Å². The molecule has 5 heteroatoms. The van der Waals surface area contributed by atoms with E-state index in [1.807, 2.05) is 60.7 Å². The first-order valence-corrected chi connectivity index (χ1v) is 8.31. The van der Waals surface area contributed by atoms with E-state index in [4.69, 9.17) is 10.1 Å². The van der Waals surface area contributed by atoms with Crippen molar-refractivity contribution in [3.63, 3.8) is 0 Å². The molecule has 2 N–H and O–H groups in total. The first kappa shape index (κ1) is 19.5. The van der Waals surface area contributed by atoms with Crippen molar-refractivity contribution in [1.82, 2.24) is 4.98 Å². The molecule has 0 unspecified atom stereocenters. The van der Waals surface area contributed by atoms with Crippen molar-refractivity contribution in [2.75, 3.05) is 11.9 Å². The lowest BCUT2D eigenvalue weighted by atomic mass is 10.1. The van der Waals surface area contributed by atoms with Crippen LogP contribution in [0.5, 0.6) is 5.75 Å². The highest BCUT2D eigenvalue weighted by molar-refractivity contribution is 5.94. The molecule has 0 aliphatic carbocycles. The standard InChI is InChI=1S/C21H21N3O.ClH/c22-20(16-18-10-5-2-6-11-18)24-21-19(12-7-14-23-21)25-15-13-17-8-3-1-4-9-17;/h1-12,14H,13,15-16H2,(H2,22,23,24);1H. The molecule has 1 heterocycles. The zero-order valence-electron chi connectivity index (χ0n) is 14.4. The van der Waals surface area contributed by atoms with Gasteiger partial charge in [-0.1, -0.05) is 60.7 Å². The molecular formula is C21H22ClN3O. The van der Waals surface area contributed by atoms with Gasteiger partial charge in [0.1, 0.15) is 5.84 Å². The number of nitrogens with zero attached hydrogens (tertiary/aromatic N) is 1. The lowest BCUT2D eigenvalue weighted by Crippen LogP contribution is -2.15. The molecule has 0 radical (unpaired) electrons. The van der Waals surface area contributed by atoms with E-state index in [1.165, 1.54) is 5.56 Å². The molecule has 26 heavy (non-hydrogen) atoms. The molecule has 3 rings (SSSR count). The van der Waals surface area contributed by atoms with Gasteiger partial charge in [-0.3, -0.25) is 5.41 Å². The van der Waals surface area contributed by atoms with E-state index in [0.29, 0.717) is 30.4 Å². The summed E-state index contributed by atoms with van der Waals surface area (Å²) >= 11 is 0. The fourth-order valence-corrected chi connectivity index (χ4v) is 2.51. The summed E-state index contributed by atoms with van der Waals surface area (Å²) in [5.41, 5.74) is 2.32. The molecule has 0 atom stereocenters. The minimum atomic E-state index is 0. The summed E-state index contributed by atoms with van der Waals surface area (Å²) in [6.07, 6.45) is 3.06. The highest BCUT2D eigenvalue weighted by Crippen LogP contribution is 2.21. The van der Waals surface area contributed by atoms with Crippen LogP contribution in [0.15, 0.2) is 79.0 Å². The molecule has 4 nitrogen and oxygen atoms in total. The third kappa shape index (κ3) is 5.90. The fraction of sp³-hybridized carbons (Fsp3) is 0.143. The Labute approximate surface area is 160 Å². The third-order valence-electron chi connectivity index (χ3n) is 3.75. The first-order chi connectivity index (χ1) is 12.3. The molecule has 134 valence electrons. The summed E-state index contributed by atoms with van der Waals surface area (Å²) in [6, 6.07) is 23.9. The molecule has 2 aromatic carbocycles. The van der Waals surface area contributed by atoms with Crippen molar-refractivity contribution in [3.05, 3.63) is 90.1 Å². The van der Waals surface area contributed by atoms with Crippen molar-refractivity contribution >= 4 is 24.1 Å². The summed E-state index contributed by atoms with van der Waals surface area (Å²) < 4.78 is 5.87. The van der Waals surface area contributed by atoms with E-state index in [0.717, 1.165) is 12.0 Å². The topological polar surface area (TPSA) is 58.0 Å². The Morgan fingerprint density at radius 1 is 0.885 bits per heavy atom. The van der Waals surface area contributed by atoms with Crippen LogP contribution in [0.3, 0.4) is 0 Å². The van der Waals surface area contributed by atoms with Gasteiger partial charge < -0.3 is 10.1 Å². The lowest BCUT2D eigenvalue weighted by molar-refractivity contribution is 0.322. The molecule has 0 aliphatic rings. The van der Waals surface area contributed by atoms with Crippen molar-refractivity contribution in [3.8, 4) is 5.75 Å². The van der Waals surface area contributed by atoms with Gasteiger partial charge in [-0.15, -0.1) is 12.4 Å². The molecule has 0 fully saturated rings. The Morgan fingerprint density at radius 3 is 2.23 bits per heavy atom. The number of rotatable bonds is 7. The molecule has 0 saturated heterocycles. The summed E-state index contributed by atoms with van der Waals surface area (Å²) in [7, 11) is 0. The third-order valence-corrected chi connectivity index (χ3v) is 3.75. The largest absolute Gasteiger partial charge is 0.489 e. The molecule has 0 spiro atoms. The number of anilines is 1. The average molecular weight is 368 g/mol. The predicted octanol–water partition coefficient (Wildman–Crippen LogP) is 4.76. The predicted molar refractivity (Wildman–Crippen MR) is 109 cm³/mol. The second-order valence-corrected chi connectivity index (χ2v) is 5.70. The number of aromatic nitrogens is 1. The lowest BCUT2D eigenvalue weighted by Gasteiger charge is -2.13. The Bertz CT molecular complexity index is 810. The molecule has 0 amide bonds. The SMILES string of the molecule is Cl.N=C(Cc1ccccc1)Nc1ncccc1OCCc1ccccc1. The molecule has 0 aliphatic heterocycles. The minimum Gasteiger partial charge on any atom is -0.489 e. The van der Waals surface area contributed by atoms with Gasteiger partial charge in [0, 0.05) is 19.0 Å². The normalized spacial score (nSPS) is 9.85. The van der Waals surface area contributed by atoms with Crippen LogP contribution in [0.25, 0.3) is 0 Å². The van der Waals surface area contributed by atoms with Crippen LogP contribution < -0.4 is 10.1 Å². The van der Waals surface area contributed by atoms with Crippen LogP contribution in [-0.4, -0.2) is 17.4 Å². The van der Waals surface area contributed by atoms with E-state index in [-0.39, 0.29) is 12.4 Å². The van der Waals surface area contributed by atoms with Gasteiger partial charge in [0.2, 0.25) is 0 Å². The number of amidine groups is 1. The second kappa shape index (κ2) is 10.2. The van der Waals surface area contributed by atoms with E-state index in [2.05, 4.69) is 22.4 Å². The minimum absolute atomic E-state index is 0. The Hall–Kier alpha value is -2.85. The summed E-state index contributed by atoms with van der Waals surface area (Å²) in [5, 5.41) is 11.2. The summed E-state index contributed by atoms with van der Waals surface area (Å²) in [4.78, 5) is 4.31. The van der Waals surface area contributed by atoms with Crippen molar-refractivity contribution in [2.24, 2.45) is 0 Å². The molecule has 3 aromatic rings. The van der Waals surface area contributed by atoms with Crippen LogP contribution in [0.4, 0.5) is 5.82 Å². The number of hydrogen-bond donors (Lipinski definition) is 2. The first-order valence-electron chi connectivity index (χ1n) is 8.31. The molecule has 0 bridgehead atoms. The van der Waals surface area contributed by atoms with Crippen LogP contribution in [-0.2, 0) is 12.8 Å². The van der Waals surface area contributed by atoms with Crippen LogP contribution >= 0.6 is 12.4 Å². The van der Waals surface area contributed by atoms with E-state index < -0.39 is 0 Å². The number of hydrogen-bond acceptors (Lipinski definition) is 3. The highest BCUT2D eigenvalue weighted by Gasteiger charge is 2.07. The monoisotopic (exact) mass is 367 g/mol. The van der Waals surface area contributed by atoms with Crippen molar-refractivity contribution in [2.45, 2.75) is 12.8 Å². The smallest absolute Gasteiger partial charge is 0.174 e. The summed E-state index contributed by atoms with van der Waals surface area (Å²) in [6.45, 7) is 0.566. The van der Waals surface area contributed by atoms with Gasteiger partial charge >= 0.3 is 0 Å². The van der Waals surface area contributed by atoms with Gasteiger partial charge in [0.25, 0.3) is 0 Å². The van der Waals surface area contributed by atoms with Gasteiger partial charge in [-0.05, 0) is 23.3 Å². The van der Waals surface area contributed by atoms with Gasteiger partial charge in [0.15, 0.2) is 11.6 Å². The van der Waals surface area contributed by atoms with Gasteiger partial charge in [0.05, 0.1) is 6.61 Å². The fourth-order valence-electron chi connectivity index (χ4n) is 2.51. The van der Waals surface area contributed by atoms with E-state index in [9.17, 15) is 0 Å². The molecule has 1 aromatic heterocycles. The zero-order valence-corrected chi connectivity index (χ0v) is 15.2. The average Bonchev–Trinajstić information content (AvgIpc) is 2.65. The number of benzene rings is 2. The second-order valence-electron chi connectivity index (χ2n) is 5.70.